The average molecular weight is 289 g/mol. The molecule has 0 aliphatic rings. The SMILES string of the molecule is CCOC(=O)c1cc(-c2ccccc2)sc1NC(C)C. The number of hydrogen-bond donors (Lipinski definition) is 1. The molecule has 3 nitrogen and oxygen atoms in total. The average Bonchev–Trinajstić information content (AvgIpc) is 2.83. The van der Waals surface area contributed by atoms with E-state index >= 15 is 0 Å². The number of nitrogens with one attached hydrogen (secondary N) is 1. The normalized spacial score (nSPS) is 10.6. The standard InChI is InChI=1S/C16H19NO2S/c1-4-19-16(18)13-10-14(12-8-6-5-7-9-12)20-15(13)17-11(2)3/h5-11,17H,4H2,1-3H3. The molecule has 0 atom stereocenters. The number of carbonyl (C=O) groups excluding carboxylic acids is 1. The first-order chi connectivity index (χ1) is 9.61. The maximum atomic E-state index is 12.0. The highest BCUT2D eigenvalue weighted by atomic mass is 32.1. The van der Waals surface area contributed by atoms with Crippen LogP contribution < -0.4 is 5.32 Å². The number of anilines is 1. The molecule has 0 aliphatic carbocycles. The van der Waals surface area contributed by atoms with Gasteiger partial charge in [0.05, 0.1) is 12.2 Å². The molecule has 0 fully saturated rings. The zero-order chi connectivity index (χ0) is 14.5. The van der Waals surface area contributed by atoms with Gasteiger partial charge < -0.3 is 10.1 Å². The summed E-state index contributed by atoms with van der Waals surface area (Å²) in [5.41, 5.74) is 1.73. The van der Waals surface area contributed by atoms with E-state index in [1.165, 1.54) is 0 Å². The third-order valence-corrected chi connectivity index (χ3v) is 3.82. The predicted octanol–water partition coefficient (Wildman–Crippen LogP) is 4.41. The first kappa shape index (κ1) is 14.6. The number of benzene rings is 1. The van der Waals surface area contributed by atoms with Gasteiger partial charge in [0.25, 0.3) is 0 Å². The van der Waals surface area contributed by atoms with Crippen molar-refractivity contribution in [2.45, 2.75) is 26.8 Å². The van der Waals surface area contributed by atoms with Crippen LogP contribution in [0.3, 0.4) is 0 Å². The number of rotatable bonds is 5. The first-order valence-corrected chi connectivity index (χ1v) is 7.56. The van der Waals surface area contributed by atoms with E-state index in [0.29, 0.717) is 12.2 Å². The summed E-state index contributed by atoms with van der Waals surface area (Å²) in [5, 5.41) is 4.19. The predicted molar refractivity (Wildman–Crippen MR) is 84.5 cm³/mol. The highest BCUT2D eigenvalue weighted by molar-refractivity contribution is 7.19. The van der Waals surface area contributed by atoms with Crippen LogP contribution >= 0.6 is 11.3 Å². The third kappa shape index (κ3) is 3.39. The van der Waals surface area contributed by atoms with Crippen LogP contribution in [0.1, 0.15) is 31.1 Å². The highest BCUT2D eigenvalue weighted by Crippen LogP contribution is 2.36. The van der Waals surface area contributed by atoms with Crippen LogP contribution in [0.25, 0.3) is 10.4 Å². The minimum absolute atomic E-state index is 0.269. The lowest BCUT2D eigenvalue weighted by molar-refractivity contribution is 0.0528. The van der Waals surface area contributed by atoms with Crippen LogP contribution in [-0.4, -0.2) is 18.6 Å². The Morgan fingerprint density at radius 3 is 2.60 bits per heavy atom. The maximum Gasteiger partial charge on any atom is 0.341 e. The summed E-state index contributed by atoms with van der Waals surface area (Å²) in [5.74, 6) is -0.269. The number of ether oxygens (including phenoxy) is 1. The Labute approximate surface area is 123 Å². The fraction of sp³-hybridized carbons (Fsp3) is 0.312. The molecule has 0 saturated carbocycles. The van der Waals surface area contributed by atoms with E-state index in [-0.39, 0.29) is 12.0 Å². The lowest BCUT2D eigenvalue weighted by Crippen LogP contribution is -2.12. The van der Waals surface area contributed by atoms with E-state index in [1.54, 1.807) is 11.3 Å². The molecule has 106 valence electrons. The van der Waals surface area contributed by atoms with Gasteiger partial charge in [-0.05, 0) is 32.4 Å². The molecule has 1 aromatic heterocycles. The van der Waals surface area contributed by atoms with E-state index in [4.69, 9.17) is 4.74 Å². The summed E-state index contributed by atoms with van der Waals surface area (Å²) in [6, 6.07) is 12.2. The second-order valence-electron chi connectivity index (χ2n) is 4.74. The molecule has 0 bridgehead atoms. The smallest absolute Gasteiger partial charge is 0.341 e. The topological polar surface area (TPSA) is 38.3 Å². The summed E-state index contributed by atoms with van der Waals surface area (Å²) in [6.45, 7) is 6.31. The fourth-order valence-corrected chi connectivity index (χ4v) is 3.06. The molecule has 0 aliphatic heterocycles. The number of esters is 1. The van der Waals surface area contributed by atoms with Gasteiger partial charge >= 0.3 is 5.97 Å². The molecule has 2 rings (SSSR count). The quantitative estimate of drug-likeness (QED) is 0.828. The molecular formula is C16H19NO2S. The van der Waals surface area contributed by atoms with Gasteiger partial charge in [-0.25, -0.2) is 4.79 Å². The molecule has 1 N–H and O–H groups in total. The Morgan fingerprint density at radius 2 is 2.00 bits per heavy atom. The lowest BCUT2D eigenvalue weighted by atomic mass is 10.1. The summed E-state index contributed by atoms with van der Waals surface area (Å²) in [4.78, 5) is 13.1. The second kappa shape index (κ2) is 6.57. The van der Waals surface area contributed by atoms with Crippen molar-refractivity contribution in [3.8, 4) is 10.4 Å². The van der Waals surface area contributed by atoms with Crippen LogP contribution in [-0.2, 0) is 4.74 Å². The zero-order valence-corrected chi connectivity index (χ0v) is 12.8. The highest BCUT2D eigenvalue weighted by Gasteiger charge is 2.18. The molecular weight excluding hydrogens is 270 g/mol. The first-order valence-electron chi connectivity index (χ1n) is 6.74. The molecule has 0 spiro atoms. The van der Waals surface area contributed by atoms with Crippen molar-refractivity contribution in [2.75, 3.05) is 11.9 Å². The molecule has 1 heterocycles. The zero-order valence-electron chi connectivity index (χ0n) is 12.0. The molecule has 20 heavy (non-hydrogen) atoms. The van der Waals surface area contributed by atoms with Crippen LogP contribution in [0.2, 0.25) is 0 Å². The van der Waals surface area contributed by atoms with Crippen LogP contribution in [0.15, 0.2) is 36.4 Å². The van der Waals surface area contributed by atoms with E-state index in [0.717, 1.165) is 15.4 Å². The van der Waals surface area contributed by atoms with Gasteiger partial charge in [-0.3, -0.25) is 0 Å². The Hall–Kier alpha value is -1.81. The number of thiophene rings is 1. The third-order valence-electron chi connectivity index (χ3n) is 2.71. The maximum absolute atomic E-state index is 12.0. The van der Waals surface area contributed by atoms with Gasteiger partial charge in [0, 0.05) is 10.9 Å². The molecule has 0 unspecified atom stereocenters. The van der Waals surface area contributed by atoms with Crippen molar-refractivity contribution in [1.82, 2.24) is 0 Å². The Morgan fingerprint density at radius 1 is 1.30 bits per heavy atom. The van der Waals surface area contributed by atoms with Crippen molar-refractivity contribution < 1.29 is 9.53 Å². The van der Waals surface area contributed by atoms with E-state index in [2.05, 4.69) is 19.2 Å². The van der Waals surface area contributed by atoms with Crippen molar-refractivity contribution >= 4 is 22.3 Å². The molecule has 0 amide bonds. The Kier molecular flexibility index (Phi) is 4.79. The molecule has 0 saturated heterocycles. The van der Waals surface area contributed by atoms with Gasteiger partial charge in [-0.15, -0.1) is 11.3 Å². The van der Waals surface area contributed by atoms with E-state index < -0.39 is 0 Å². The lowest BCUT2D eigenvalue weighted by Gasteiger charge is -2.09. The van der Waals surface area contributed by atoms with Crippen LogP contribution in [0.5, 0.6) is 0 Å². The number of hydrogen-bond acceptors (Lipinski definition) is 4. The summed E-state index contributed by atoms with van der Waals surface area (Å²) >= 11 is 1.58. The second-order valence-corrected chi connectivity index (χ2v) is 5.79. The van der Waals surface area contributed by atoms with Crippen molar-refractivity contribution in [2.24, 2.45) is 0 Å². The van der Waals surface area contributed by atoms with Gasteiger partial charge in [0.15, 0.2) is 0 Å². The monoisotopic (exact) mass is 289 g/mol. The Bertz CT molecular complexity index is 575. The van der Waals surface area contributed by atoms with Gasteiger partial charge in [0.2, 0.25) is 0 Å². The van der Waals surface area contributed by atoms with E-state index in [9.17, 15) is 4.79 Å². The minimum Gasteiger partial charge on any atom is -0.462 e. The fourth-order valence-electron chi connectivity index (χ4n) is 1.87. The van der Waals surface area contributed by atoms with Crippen LogP contribution in [0, 0.1) is 0 Å². The van der Waals surface area contributed by atoms with Gasteiger partial charge in [0.1, 0.15) is 5.00 Å². The van der Waals surface area contributed by atoms with Crippen molar-refractivity contribution in [1.29, 1.82) is 0 Å². The molecule has 0 radical (unpaired) electrons. The molecule has 4 heteroatoms. The van der Waals surface area contributed by atoms with E-state index in [1.807, 2.05) is 43.3 Å². The largest absolute Gasteiger partial charge is 0.462 e. The van der Waals surface area contributed by atoms with Crippen LogP contribution in [0.4, 0.5) is 5.00 Å². The van der Waals surface area contributed by atoms with Crippen molar-refractivity contribution in [3.05, 3.63) is 42.0 Å². The summed E-state index contributed by atoms with van der Waals surface area (Å²) in [7, 11) is 0. The molecule has 2 aromatic rings. The minimum atomic E-state index is -0.269. The number of carbonyl (C=O) groups is 1. The summed E-state index contributed by atoms with van der Waals surface area (Å²) in [6.07, 6.45) is 0. The Balaban J connectivity index is 2.39. The van der Waals surface area contributed by atoms with Crippen molar-refractivity contribution in [3.63, 3.8) is 0 Å². The van der Waals surface area contributed by atoms with Gasteiger partial charge in [-0.2, -0.15) is 0 Å². The van der Waals surface area contributed by atoms with Gasteiger partial charge in [-0.1, -0.05) is 30.3 Å². The summed E-state index contributed by atoms with van der Waals surface area (Å²) < 4.78 is 5.13. The molecule has 1 aromatic carbocycles.